The van der Waals surface area contributed by atoms with Crippen LogP contribution in [0.4, 0.5) is 0 Å². The fourth-order valence-corrected chi connectivity index (χ4v) is 3.75. The quantitative estimate of drug-likeness (QED) is 0.259. The van der Waals surface area contributed by atoms with Gasteiger partial charge >= 0.3 is 11.9 Å². The van der Waals surface area contributed by atoms with Gasteiger partial charge < -0.3 is 25.0 Å². The molecule has 1 fully saturated rings. The van der Waals surface area contributed by atoms with Crippen molar-refractivity contribution in [3.8, 4) is 0 Å². The number of esters is 2. The summed E-state index contributed by atoms with van der Waals surface area (Å²) < 4.78 is 10.3. The molecule has 2 N–H and O–H groups in total. The number of piperazine rings is 1. The fourth-order valence-electron chi connectivity index (χ4n) is 3.42. The molecule has 0 radical (unpaired) electrons. The second kappa shape index (κ2) is 15.0. The number of aryl methyl sites for hydroxylation is 1. The topological polar surface area (TPSA) is 114 Å². The maximum Gasteiger partial charge on any atom is 0.308 e. The Balaban J connectivity index is 1.67. The van der Waals surface area contributed by atoms with Gasteiger partial charge in [-0.1, -0.05) is 37.3 Å². The van der Waals surface area contributed by atoms with E-state index >= 15 is 0 Å². The van der Waals surface area contributed by atoms with E-state index in [2.05, 4.69) is 10.6 Å². The van der Waals surface area contributed by atoms with Gasteiger partial charge in [0.1, 0.15) is 6.04 Å². The lowest BCUT2D eigenvalue weighted by molar-refractivity contribution is -0.147. The summed E-state index contributed by atoms with van der Waals surface area (Å²) in [6, 6.07) is 9.12. The molecular formula is C24H33N3O6S. The number of hydrogen-bond acceptors (Lipinski definition) is 7. The van der Waals surface area contributed by atoms with Gasteiger partial charge in [0.25, 0.3) is 0 Å². The van der Waals surface area contributed by atoms with E-state index in [-0.39, 0.29) is 48.8 Å². The number of thiocarbonyl (C=S) groups is 1. The van der Waals surface area contributed by atoms with E-state index in [0.717, 1.165) is 12.8 Å². The van der Waals surface area contributed by atoms with E-state index in [1.165, 1.54) is 10.5 Å². The van der Waals surface area contributed by atoms with E-state index in [1.54, 1.807) is 0 Å². The molecule has 0 aromatic heterocycles. The minimum absolute atomic E-state index is 0.0802. The number of hydrogen-bond donors (Lipinski definition) is 2. The molecule has 1 aromatic carbocycles. The van der Waals surface area contributed by atoms with Crippen molar-refractivity contribution >= 4 is 41.1 Å². The van der Waals surface area contributed by atoms with Gasteiger partial charge in [0.15, 0.2) is 5.11 Å². The van der Waals surface area contributed by atoms with Crippen LogP contribution in [0.5, 0.6) is 0 Å². The Morgan fingerprint density at radius 3 is 2.56 bits per heavy atom. The number of ether oxygens (including phenoxy) is 2. The molecule has 186 valence electrons. The molecule has 0 aliphatic carbocycles. The molecule has 0 saturated carbocycles. The van der Waals surface area contributed by atoms with Crippen molar-refractivity contribution in [1.29, 1.82) is 0 Å². The number of amides is 2. The number of nitrogens with one attached hydrogen (secondary N) is 2. The Kier molecular flexibility index (Phi) is 12.0. The first-order chi connectivity index (χ1) is 16.4. The smallest absolute Gasteiger partial charge is 0.308 e. The Hall–Kier alpha value is -3.01. The summed E-state index contributed by atoms with van der Waals surface area (Å²) >= 11 is 5.30. The molecule has 9 nitrogen and oxygen atoms in total. The van der Waals surface area contributed by atoms with Crippen LogP contribution in [0.2, 0.25) is 0 Å². The normalized spacial score (nSPS) is 15.3. The first-order valence-corrected chi connectivity index (χ1v) is 12.0. The maximum absolute atomic E-state index is 12.3. The molecule has 10 heteroatoms. The first-order valence-electron chi connectivity index (χ1n) is 11.6. The zero-order chi connectivity index (χ0) is 24.8. The van der Waals surface area contributed by atoms with Crippen LogP contribution in [0.3, 0.4) is 0 Å². The number of benzene rings is 1. The van der Waals surface area contributed by atoms with Crippen molar-refractivity contribution in [3.63, 3.8) is 0 Å². The summed E-state index contributed by atoms with van der Waals surface area (Å²) in [5.41, 5.74) is 1.19. The van der Waals surface area contributed by atoms with Crippen molar-refractivity contribution in [2.45, 2.75) is 57.9 Å². The molecule has 1 atom stereocenters. The third-order valence-corrected chi connectivity index (χ3v) is 5.50. The van der Waals surface area contributed by atoms with Crippen LogP contribution in [-0.2, 0) is 35.1 Å². The van der Waals surface area contributed by atoms with Gasteiger partial charge in [-0.3, -0.25) is 19.2 Å². The van der Waals surface area contributed by atoms with Gasteiger partial charge in [-0.25, -0.2) is 0 Å². The molecule has 1 aliphatic rings. The summed E-state index contributed by atoms with van der Waals surface area (Å²) in [5, 5.41) is 5.37. The molecule has 1 aromatic rings. The van der Waals surface area contributed by atoms with E-state index in [9.17, 15) is 19.2 Å². The lowest BCUT2D eigenvalue weighted by Gasteiger charge is -2.36. The van der Waals surface area contributed by atoms with Crippen LogP contribution in [-0.4, -0.2) is 66.1 Å². The lowest BCUT2D eigenvalue weighted by atomic mass is 10.1. The SMILES string of the molecule is CCCOC(=O)CC1C(=O)NCCN1C(=S)NC(=O)CCCC(=O)OCCCc1ccccc1. The van der Waals surface area contributed by atoms with Crippen LogP contribution in [0.25, 0.3) is 0 Å². The molecule has 1 unspecified atom stereocenters. The summed E-state index contributed by atoms with van der Waals surface area (Å²) in [6.07, 6.45) is 2.63. The average Bonchev–Trinajstić information content (AvgIpc) is 2.82. The predicted molar refractivity (Wildman–Crippen MR) is 130 cm³/mol. The van der Waals surface area contributed by atoms with Gasteiger partial charge in [-0.05, 0) is 43.5 Å². The molecule has 2 amide bonds. The second-order valence-electron chi connectivity index (χ2n) is 7.94. The Morgan fingerprint density at radius 1 is 1.09 bits per heavy atom. The molecule has 1 aliphatic heterocycles. The predicted octanol–water partition coefficient (Wildman–Crippen LogP) is 1.88. The van der Waals surface area contributed by atoms with Gasteiger partial charge in [0.05, 0.1) is 19.6 Å². The van der Waals surface area contributed by atoms with Crippen molar-refractivity contribution < 1.29 is 28.7 Å². The van der Waals surface area contributed by atoms with E-state index in [4.69, 9.17) is 21.7 Å². The summed E-state index contributed by atoms with van der Waals surface area (Å²) in [4.78, 5) is 49.9. The minimum Gasteiger partial charge on any atom is -0.466 e. The summed E-state index contributed by atoms with van der Waals surface area (Å²) in [5.74, 6) is -1.54. The number of carbonyl (C=O) groups excluding carboxylic acids is 4. The highest BCUT2D eigenvalue weighted by Crippen LogP contribution is 2.11. The van der Waals surface area contributed by atoms with Crippen molar-refractivity contribution in [1.82, 2.24) is 15.5 Å². The maximum atomic E-state index is 12.3. The van der Waals surface area contributed by atoms with Crippen LogP contribution in [0.15, 0.2) is 30.3 Å². The standard InChI is InChI=1S/C24H33N3O6S/c1-2-15-32-22(30)17-19-23(31)25-13-14-27(19)24(34)26-20(28)11-6-12-21(29)33-16-7-10-18-8-4-3-5-9-18/h3-5,8-9,19H,2,6-7,10-17H2,1H3,(H,25,31)(H,26,28,34). The molecule has 1 heterocycles. The van der Waals surface area contributed by atoms with Crippen LogP contribution in [0.1, 0.15) is 51.0 Å². The van der Waals surface area contributed by atoms with Crippen LogP contribution >= 0.6 is 12.2 Å². The van der Waals surface area contributed by atoms with Gasteiger partial charge in [0.2, 0.25) is 11.8 Å². The van der Waals surface area contributed by atoms with Crippen LogP contribution < -0.4 is 10.6 Å². The zero-order valence-corrected chi connectivity index (χ0v) is 20.4. The highest BCUT2D eigenvalue weighted by molar-refractivity contribution is 7.80. The number of carbonyl (C=O) groups is 4. The van der Waals surface area contributed by atoms with E-state index < -0.39 is 12.0 Å². The monoisotopic (exact) mass is 491 g/mol. The number of rotatable bonds is 12. The van der Waals surface area contributed by atoms with Crippen molar-refractivity contribution in [2.75, 3.05) is 26.3 Å². The Bertz CT molecular complexity index is 848. The molecule has 1 saturated heterocycles. The van der Waals surface area contributed by atoms with Gasteiger partial charge in [0, 0.05) is 25.9 Å². The summed E-state index contributed by atoms with van der Waals surface area (Å²) in [6.45, 7) is 3.22. The minimum atomic E-state index is -0.836. The van der Waals surface area contributed by atoms with Gasteiger partial charge in [-0.2, -0.15) is 0 Å². The first kappa shape index (κ1) is 27.2. The lowest BCUT2D eigenvalue weighted by Crippen LogP contribution is -2.60. The Morgan fingerprint density at radius 2 is 1.82 bits per heavy atom. The second-order valence-corrected chi connectivity index (χ2v) is 8.33. The number of nitrogens with zero attached hydrogens (tertiary/aromatic N) is 1. The van der Waals surface area contributed by atoms with Crippen molar-refractivity contribution in [2.24, 2.45) is 0 Å². The van der Waals surface area contributed by atoms with E-state index in [1.807, 2.05) is 37.3 Å². The highest BCUT2D eigenvalue weighted by Gasteiger charge is 2.34. The summed E-state index contributed by atoms with van der Waals surface area (Å²) in [7, 11) is 0. The van der Waals surface area contributed by atoms with Crippen molar-refractivity contribution in [3.05, 3.63) is 35.9 Å². The molecule has 0 spiro atoms. The van der Waals surface area contributed by atoms with Crippen LogP contribution in [0, 0.1) is 0 Å². The third-order valence-electron chi connectivity index (χ3n) is 5.17. The van der Waals surface area contributed by atoms with Gasteiger partial charge in [-0.15, -0.1) is 0 Å². The zero-order valence-electron chi connectivity index (χ0n) is 19.5. The molecule has 2 rings (SSSR count). The largest absolute Gasteiger partial charge is 0.466 e. The molecule has 34 heavy (non-hydrogen) atoms. The molecular weight excluding hydrogens is 458 g/mol. The Labute approximate surface area is 205 Å². The average molecular weight is 492 g/mol. The van der Waals surface area contributed by atoms with E-state index in [0.29, 0.717) is 32.5 Å². The molecule has 0 bridgehead atoms. The third kappa shape index (κ3) is 9.86. The fraction of sp³-hybridized carbons (Fsp3) is 0.542. The highest BCUT2D eigenvalue weighted by atomic mass is 32.1.